The van der Waals surface area contributed by atoms with E-state index in [4.69, 9.17) is 0 Å². The van der Waals surface area contributed by atoms with Crippen LogP contribution in [0.5, 0.6) is 0 Å². The van der Waals surface area contributed by atoms with Gasteiger partial charge in [0.05, 0.1) is 0 Å². The minimum Gasteiger partial charge on any atom is -0.286 e. The van der Waals surface area contributed by atoms with E-state index in [1.54, 1.807) is 10.8 Å². The SMILES string of the molecule is CCn1ncnc1C(=O)C=C(C)C. The van der Waals surface area contributed by atoms with Gasteiger partial charge in [-0.1, -0.05) is 5.57 Å². The standard InChI is InChI=1S/C9H13N3O/c1-4-12-9(10-6-11-12)8(13)5-7(2)3/h5-6H,4H2,1-3H3. The first-order valence-electron chi connectivity index (χ1n) is 4.22. The van der Waals surface area contributed by atoms with Crippen LogP contribution in [0, 0.1) is 0 Å². The van der Waals surface area contributed by atoms with Crippen LogP contribution in [0.3, 0.4) is 0 Å². The van der Waals surface area contributed by atoms with Crippen LogP contribution in [0.15, 0.2) is 18.0 Å². The smallest absolute Gasteiger partial charge is 0.222 e. The zero-order chi connectivity index (χ0) is 9.84. The van der Waals surface area contributed by atoms with Gasteiger partial charge in [0.15, 0.2) is 5.82 Å². The number of hydrogen-bond acceptors (Lipinski definition) is 3. The predicted octanol–water partition coefficient (Wildman–Crippen LogP) is 1.45. The Bertz CT molecular complexity index is 334. The van der Waals surface area contributed by atoms with Crippen molar-refractivity contribution in [1.29, 1.82) is 0 Å². The Hall–Kier alpha value is -1.45. The van der Waals surface area contributed by atoms with Crippen molar-refractivity contribution in [1.82, 2.24) is 14.8 Å². The zero-order valence-electron chi connectivity index (χ0n) is 8.11. The highest BCUT2D eigenvalue weighted by Gasteiger charge is 2.09. The van der Waals surface area contributed by atoms with Crippen LogP contribution in [-0.4, -0.2) is 20.5 Å². The Morgan fingerprint density at radius 1 is 1.62 bits per heavy atom. The molecule has 4 nitrogen and oxygen atoms in total. The Morgan fingerprint density at radius 3 is 2.85 bits per heavy atom. The summed E-state index contributed by atoms with van der Waals surface area (Å²) >= 11 is 0. The van der Waals surface area contributed by atoms with E-state index in [0.717, 1.165) is 5.57 Å². The zero-order valence-corrected chi connectivity index (χ0v) is 8.11. The number of ketones is 1. The highest BCUT2D eigenvalue weighted by molar-refractivity contribution is 6.02. The van der Waals surface area contributed by atoms with Crippen LogP contribution >= 0.6 is 0 Å². The molecule has 0 aromatic carbocycles. The molecule has 0 radical (unpaired) electrons. The molecule has 0 N–H and O–H groups in total. The van der Waals surface area contributed by atoms with Crippen molar-refractivity contribution < 1.29 is 4.79 Å². The first-order chi connectivity index (χ1) is 6.15. The van der Waals surface area contributed by atoms with Crippen molar-refractivity contribution in [3.63, 3.8) is 0 Å². The van der Waals surface area contributed by atoms with Crippen LogP contribution in [-0.2, 0) is 6.54 Å². The summed E-state index contributed by atoms with van der Waals surface area (Å²) in [6.07, 6.45) is 2.96. The average Bonchev–Trinajstić information content (AvgIpc) is 2.49. The van der Waals surface area contributed by atoms with E-state index in [1.165, 1.54) is 6.33 Å². The highest BCUT2D eigenvalue weighted by Crippen LogP contribution is 1.99. The maximum Gasteiger partial charge on any atom is 0.222 e. The first kappa shape index (κ1) is 9.64. The molecule has 1 aromatic rings. The number of hydrogen-bond donors (Lipinski definition) is 0. The molecule has 13 heavy (non-hydrogen) atoms. The van der Waals surface area contributed by atoms with Gasteiger partial charge < -0.3 is 0 Å². The third-order valence-electron chi connectivity index (χ3n) is 1.56. The molecule has 1 rings (SSSR count). The predicted molar refractivity (Wildman–Crippen MR) is 49.5 cm³/mol. The molecule has 0 unspecified atom stereocenters. The molecule has 4 heteroatoms. The van der Waals surface area contributed by atoms with Crippen molar-refractivity contribution >= 4 is 5.78 Å². The van der Waals surface area contributed by atoms with Crippen molar-refractivity contribution in [3.05, 3.63) is 23.8 Å². The van der Waals surface area contributed by atoms with E-state index in [0.29, 0.717) is 12.4 Å². The summed E-state index contributed by atoms with van der Waals surface area (Å²) in [5, 5.41) is 3.92. The lowest BCUT2D eigenvalue weighted by Crippen LogP contribution is -2.08. The number of rotatable bonds is 3. The summed E-state index contributed by atoms with van der Waals surface area (Å²) in [5.41, 5.74) is 0.968. The van der Waals surface area contributed by atoms with Gasteiger partial charge in [0.1, 0.15) is 6.33 Å². The molecule has 1 aromatic heterocycles. The van der Waals surface area contributed by atoms with Gasteiger partial charge in [-0.3, -0.25) is 4.79 Å². The quantitative estimate of drug-likeness (QED) is 0.521. The maximum absolute atomic E-state index is 11.5. The fourth-order valence-electron chi connectivity index (χ4n) is 1.01. The maximum atomic E-state index is 11.5. The molecule has 0 saturated heterocycles. The van der Waals surface area contributed by atoms with E-state index in [9.17, 15) is 4.79 Å². The number of carbonyl (C=O) groups excluding carboxylic acids is 1. The average molecular weight is 179 g/mol. The molecule has 0 aliphatic carbocycles. The topological polar surface area (TPSA) is 47.8 Å². The molecule has 0 aliphatic rings. The van der Waals surface area contributed by atoms with Crippen LogP contribution in [0.25, 0.3) is 0 Å². The molecule has 0 bridgehead atoms. The second kappa shape index (κ2) is 3.98. The Kier molecular flexibility index (Phi) is 2.95. The Labute approximate surface area is 77.3 Å². The number of aryl methyl sites for hydroxylation is 1. The number of aromatic nitrogens is 3. The van der Waals surface area contributed by atoms with Crippen molar-refractivity contribution in [2.24, 2.45) is 0 Å². The lowest BCUT2D eigenvalue weighted by Gasteiger charge is -1.98. The second-order valence-electron chi connectivity index (χ2n) is 2.99. The summed E-state index contributed by atoms with van der Waals surface area (Å²) < 4.78 is 1.59. The van der Waals surface area contributed by atoms with Gasteiger partial charge in [-0.2, -0.15) is 5.10 Å². The van der Waals surface area contributed by atoms with E-state index in [-0.39, 0.29) is 5.78 Å². The van der Waals surface area contributed by atoms with Gasteiger partial charge in [0.2, 0.25) is 5.78 Å². The van der Waals surface area contributed by atoms with Gasteiger partial charge in [0.25, 0.3) is 0 Å². The fourth-order valence-corrected chi connectivity index (χ4v) is 1.01. The molecule has 70 valence electrons. The van der Waals surface area contributed by atoms with Crippen LogP contribution in [0.2, 0.25) is 0 Å². The monoisotopic (exact) mass is 179 g/mol. The molecule has 0 aliphatic heterocycles. The number of allylic oxidation sites excluding steroid dienone is 2. The highest BCUT2D eigenvalue weighted by atomic mass is 16.1. The van der Waals surface area contributed by atoms with Gasteiger partial charge in [-0.25, -0.2) is 9.67 Å². The van der Waals surface area contributed by atoms with Crippen molar-refractivity contribution in [2.75, 3.05) is 0 Å². The van der Waals surface area contributed by atoms with Crippen LogP contribution in [0.4, 0.5) is 0 Å². The van der Waals surface area contributed by atoms with E-state index in [2.05, 4.69) is 10.1 Å². The summed E-state index contributed by atoms with van der Waals surface area (Å²) in [6.45, 7) is 6.35. The summed E-state index contributed by atoms with van der Waals surface area (Å²) in [5.74, 6) is 0.322. The van der Waals surface area contributed by atoms with Gasteiger partial charge in [-0.05, 0) is 26.8 Å². The summed E-state index contributed by atoms with van der Waals surface area (Å²) in [4.78, 5) is 15.4. The lowest BCUT2D eigenvalue weighted by atomic mass is 10.2. The number of nitrogens with zero attached hydrogens (tertiary/aromatic N) is 3. The van der Waals surface area contributed by atoms with E-state index < -0.39 is 0 Å². The minimum atomic E-state index is -0.0839. The van der Waals surface area contributed by atoms with E-state index in [1.807, 2.05) is 20.8 Å². The van der Waals surface area contributed by atoms with Crippen LogP contribution in [0.1, 0.15) is 31.4 Å². The van der Waals surface area contributed by atoms with Crippen LogP contribution < -0.4 is 0 Å². The second-order valence-corrected chi connectivity index (χ2v) is 2.99. The lowest BCUT2D eigenvalue weighted by molar-refractivity contribution is 0.103. The van der Waals surface area contributed by atoms with Crippen molar-refractivity contribution in [2.45, 2.75) is 27.3 Å². The molecule has 0 fully saturated rings. The Morgan fingerprint density at radius 2 is 2.31 bits per heavy atom. The van der Waals surface area contributed by atoms with E-state index >= 15 is 0 Å². The fraction of sp³-hybridized carbons (Fsp3) is 0.444. The first-order valence-corrected chi connectivity index (χ1v) is 4.22. The third kappa shape index (κ3) is 2.24. The van der Waals surface area contributed by atoms with Crippen molar-refractivity contribution in [3.8, 4) is 0 Å². The third-order valence-corrected chi connectivity index (χ3v) is 1.56. The van der Waals surface area contributed by atoms with Gasteiger partial charge in [-0.15, -0.1) is 0 Å². The number of carbonyl (C=O) groups is 1. The summed E-state index contributed by atoms with van der Waals surface area (Å²) in [6, 6.07) is 0. The minimum absolute atomic E-state index is 0.0839. The molecule has 1 heterocycles. The normalized spacial score (nSPS) is 9.77. The molecule has 0 atom stereocenters. The molecule has 0 saturated carbocycles. The molecular formula is C9H13N3O. The Balaban J connectivity index is 2.95. The molecular weight excluding hydrogens is 166 g/mol. The molecule has 0 amide bonds. The largest absolute Gasteiger partial charge is 0.286 e. The molecule has 0 spiro atoms. The van der Waals surface area contributed by atoms with Gasteiger partial charge in [0, 0.05) is 6.54 Å². The summed E-state index contributed by atoms with van der Waals surface area (Å²) in [7, 11) is 0. The van der Waals surface area contributed by atoms with Gasteiger partial charge >= 0.3 is 0 Å².